The number of nitrogens with one attached hydrogen (secondary N) is 1. The molecule has 1 atom stereocenters. The minimum atomic E-state index is -0.932. The Morgan fingerprint density at radius 2 is 1.93 bits per heavy atom. The van der Waals surface area contributed by atoms with Gasteiger partial charge in [-0.15, -0.1) is 0 Å². The Kier molecular flexibility index (Phi) is 8.51. The maximum Gasteiger partial charge on any atom is 0.320 e. The van der Waals surface area contributed by atoms with E-state index in [-0.39, 0.29) is 6.61 Å². The molecule has 0 saturated heterocycles. The number of unbranched alkanes of at least 4 members (excludes halogenated alkanes) is 1. The van der Waals surface area contributed by atoms with Crippen molar-refractivity contribution < 1.29 is 15.0 Å². The summed E-state index contributed by atoms with van der Waals surface area (Å²) in [5, 5.41) is 20.1. The first-order chi connectivity index (χ1) is 6.68. The minimum absolute atomic E-state index is 0.205. The number of hydrogen-bond acceptors (Lipinski definition) is 4. The van der Waals surface area contributed by atoms with Crippen LogP contribution in [0, 0.1) is 0 Å². The van der Waals surface area contributed by atoms with Crippen molar-refractivity contribution in [2.24, 2.45) is 5.73 Å². The molecule has 5 nitrogen and oxygen atoms in total. The van der Waals surface area contributed by atoms with Crippen LogP contribution in [0.25, 0.3) is 0 Å². The van der Waals surface area contributed by atoms with Crippen molar-refractivity contribution in [1.82, 2.24) is 5.32 Å². The molecular weight excluding hydrogens is 184 g/mol. The largest absolute Gasteiger partial charge is 0.480 e. The summed E-state index contributed by atoms with van der Waals surface area (Å²) in [5.41, 5.74) is 5.33. The van der Waals surface area contributed by atoms with Gasteiger partial charge in [0.05, 0.1) is 0 Å². The van der Waals surface area contributed by atoms with Gasteiger partial charge in [-0.1, -0.05) is 6.42 Å². The van der Waals surface area contributed by atoms with Crippen LogP contribution >= 0.6 is 0 Å². The van der Waals surface area contributed by atoms with E-state index < -0.39 is 12.0 Å². The molecule has 84 valence electrons. The van der Waals surface area contributed by atoms with E-state index in [0.29, 0.717) is 6.42 Å². The highest BCUT2D eigenvalue weighted by Gasteiger charge is 2.09. The zero-order chi connectivity index (χ0) is 10.8. The molecule has 0 aliphatic heterocycles. The topological polar surface area (TPSA) is 95.6 Å². The van der Waals surface area contributed by atoms with Crippen molar-refractivity contribution in [3.8, 4) is 0 Å². The Labute approximate surface area is 84.3 Å². The average molecular weight is 204 g/mol. The van der Waals surface area contributed by atoms with Gasteiger partial charge in [0, 0.05) is 6.61 Å². The molecule has 0 spiro atoms. The Balaban J connectivity index is 3.09. The zero-order valence-corrected chi connectivity index (χ0v) is 8.41. The summed E-state index contributed by atoms with van der Waals surface area (Å²) >= 11 is 0. The first-order valence-electron chi connectivity index (χ1n) is 4.98. The van der Waals surface area contributed by atoms with E-state index in [1.807, 2.05) is 0 Å². The van der Waals surface area contributed by atoms with Crippen molar-refractivity contribution in [2.75, 3.05) is 19.7 Å². The van der Waals surface area contributed by atoms with E-state index in [1.165, 1.54) is 0 Å². The number of carboxylic acid groups (broad SMARTS) is 1. The number of carbonyl (C=O) groups is 1. The van der Waals surface area contributed by atoms with Crippen LogP contribution in [0.3, 0.4) is 0 Å². The predicted octanol–water partition coefficient (Wildman–Crippen LogP) is -0.459. The number of hydrogen-bond donors (Lipinski definition) is 4. The molecular formula is C9H20N2O3. The number of aliphatic carboxylic acids is 1. The highest BCUT2D eigenvalue weighted by Crippen LogP contribution is 1.98. The summed E-state index contributed by atoms with van der Waals surface area (Å²) in [6.07, 6.45) is 3.03. The summed E-state index contributed by atoms with van der Waals surface area (Å²) < 4.78 is 0. The summed E-state index contributed by atoms with van der Waals surface area (Å²) in [4.78, 5) is 10.3. The second kappa shape index (κ2) is 8.93. The highest BCUT2D eigenvalue weighted by molar-refractivity contribution is 5.72. The van der Waals surface area contributed by atoms with E-state index in [2.05, 4.69) is 5.32 Å². The number of carboxylic acids is 1. The van der Waals surface area contributed by atoms with Gasteiger partial charge in [-0.25, -0.2) is 0 Å². The fraction of sp³-hybridized carbons (Fsp3) is 0.889. The average Bonchev–Trinajstić information content (AvgIpc) is 2.16. The third-order valence-electron chi connectivity index (χ3n) is 1.95. The van der Waals surface area contributed by atoms with Crippen LogP contribution in [0.4, 0.5) is 0 Å². The van der Waals surface area contributed by atoms with Gasteiger partial charge >= 0.3 is 5.97 Å². The second-order valence-electron chi connectivity index (χ2n) is 3.27. The van der Waals surface area contributed by atoms with E-state index in [0.717, 1.165) is 32.4 Å². The third-order valence-corrected chi connectivity index (χ3v) is 1.95. The normalized spacial score (nSPS) is 12.7. The third kappa shape index (κ3) is 7.97. The molecule has 0 aromatic heterocycles. The molecule has 0 amide bonds. The fourth-order valence-corrected chi connectivity index (χ4v) is 1.07. The van der Waals surface area contributed by atoms with Crippen LogP contribution < -0.4 is 11.1 Å². The lowest BCUT2D eigenvalue weighted by molar-refractivity contribution is -0.138. The number of rotatable bonds is 9. The number of nitrogens with two attached hydrogens (primary N) is 1. The number of aliphatic hydroxyl groups is 1. The molecule has 0 aromatic rings. The smallest absolute Gasteiger partial charge is 0.320 e. The first kappa shape index (κ1) is 13.4. The molecule has 0 fully saturated rings. The van der Waals surface area contributed by atoms with Crippen LogP contribution in [0.1, 0.15) is 25.7 Å². The standard InChI is InChI=1S/C9H20N2O3/c10-8(9(13)14)4-1-2-5-11-6-3-7-12/h8,11-12H,1-7,10H2,(H,13,14)/t8-/m0/s1. The van der Waals surface area contributed by atoms with Gasteiger partial charge in [-0.3, -0.25) is 4.79 Å². The summed E-state index contributed by atoms with van der Waals surface area (Å²) in [7, 11) is 0. The van der Waals surface area contributed by atoms with Gasteiger partial charge < -0.3 is 21.3 Å². The summed E-state index contributed by atoms with van der Waals surface area (Å²) in [6.45, 7) is 1.87. The van der Waals surface area contributed by atoms with Crippen LogP contribution in [-0.4, -0.2) is 41.9 Å². The van der Waals surface area contributed by atoms with Gasteiger partial charge in [0.15, 0.2) is 0 Å². The molecule has 0 bridgehead atoms. The predicted molar refractivity (Wildman–Crippen MR) is 54.0 cm³/mol. The first-order valence-corrected chi connectivity index (χ1v) is 4.98. The molecule has 0 aromatic carbocycles. The molecule has 5 N–H and O–H groups in total. The molecule has 0 heterocycles. The minimum Gasteiger partial charge on any atom is -0.480 e. The zero-order valence-electron chi connectivity index (χ0n) is 8.41. The monoisotopic (exact) mass is 204 g/mol. The second-order valence-corrected chi connectivity index (χ2v) is 3.27. The highest BCUT2D eigenvalue weighted by atomic mass is 16.4. The van der Waals surface area contributed by atoms with Crippen molar-refractivity contribution in [1.29, 1.82) is 0 Å². The summed E-state index contributed by atoms with van der Waals surface area (Å²) in [6, 6.07) is -0.729. The lowest BCUT2D eigenvalue weighted by Crippen LogP contribution is -2.30. The van der Waals surface area contributed by atoms with Gasteiger partial charge in [0.2, 0.25) is 0 Å². The Morgan fingerprint density at radius 1 is 1.29 bits per heavy atom. The Hall–Kier alpha value is -0.650. The Bertz CT molecular complexity index is 153. The molecule has 0 aliphatic carbocycles. The van der Waals surface area contributed by atoms with Crippen molar-refractivity contribution in [3.05, 3.63) is 0 Å². The van der Waals surface area contributed by atoms with E-state index in [1.54, 1.807) is 0 Å². The Morgan fingerprint density at radius 3 is 2.50 bits per heavy atom. The van der Waals surface area contributed by atoms with Gasteiger partial charge in [0.25, 0.3) is 0 Å². The van der Waals surface area contributed by atoms with Crippen LogP contribution in [0.5, 0.6) is 0 Å². The molecule has 0 unspecified atom stereocenters. The SMILES string of the molecule is N[C@@H](CCCCNCCCO)C(=O)O. The maximum absolute atomic E-state index is 10.3. The van der Waals surface area contributed by atoms with Crippen molar-refractivity contribution >= 4 is 5.97 Å². The van der Waals surface area contributed by atoms with Crippen molar-refractivity contribution in [2.45, 2.75) is 31.7 Å². The maximum atomic E-state index is 10.3. The summed E-state index contributed by atoms with van der Waals surface area (Å²) in [5.74, 6) is -0.932. The van der Waals surface area contributed by atoms with Crippen LogP contribution in [0.15, 0.2) is 0 Å². The van der Waals surface area contributed by atoms with Gasteiger partial charge in [-0.05, 0) is 32.4 Å². The molecule has 14 heavy (non-hydrogen) atoms. The van der Waals surface area contributed by atoms with Crippen LogP contribution in [0.2, 0.25) is 0 Å². The molecule has 0 aliphatic rings. The van der Waals surface area contributed by atoms with Gasteiger partial charge in [0.1, 0.15) is 6.04 Å². The fourth-order valence-electron chi connectivity index (χ4n) is 1.07. The quantitative estimate of drug-likeness (QED) is 0.381. The van der Waals surface area contributed by atoms with Crippen LogP contribution in [-0.2, 0) is 4.79 Å². The molecule has 0 radical (unpaired) electrons. The van der Waals surface area contributed by atoms with E-state index >= 15 is 0 Å². The molecule has 0 rings (SSSR count). The van der Waals surface area contributed by atoms with E-state index in [9.17, 15) is 4.79 Å². The van der Waals surface area contributed by atoms with Crippen molar-refractivity contribution in [3.63, 3.8) is 0 Å². The van der Waals surface area contributed by atoms with Gasteiger partial charge in [-0.2, -0.15) is 0 Å². The molecule has 0 saturated carbocycles. The van der Waals surface area contributed by atoms with E-state index in [4.69, 9.17) is 15.9 Å². The lowest BCUT2D eigenvalue weighted by atomic mass is 10.1. The lowest BCUT2D eigenvalue weighted by Gasteiger charge is -2.06. The number of aliphatic hydroxyl groups excluding tert-OH is 1. The molecule has 5 heteroatoms.